The minimum atomic E-state index is -0.480. The molecule has 0 saturated carbocycles. The zero-order valence-corrected chi connectivity index (χ0v) is 13.4. The fourth-order valence-electron chi connectivity index (χ4n) is 2.14. The third-order valence-corrected chi connectivity index (χ3v) is 3.57. The number of amides is 1. The van der Waals surface area contributed by atoms with E-state index >= 15 is 0 Å². The van der Waals surface area contributed by atoms with Crippen molar-refractivity contribution in [1.29, 1.82) is 0 Å². The second-order valence-corrected chi connectivity index (χ2v) is 5.50. The summed E-state index contributed by atoms with van der Waals surface area (Å²) < 4.78 is 0. The van der Waals surface area contributed by atoms with Gasteiger partial charge in [-0.3, -0.25) is 14.9 Å². The Labute approximate surface area is 134 Å². The fraction of sp³-hybridized carbons (Fsp3) is 0.235. The van der Waals surface area contributed by atoms with Crippen molar-refractivity contribution in [2.24, 2.45) is 0 Å². The van der Waals surface area contributed by atoms with Crippen molar-refractivity contribution in [2.45, 2.75) is 13.5 Å². The van der Waals surface area contributed by atoms with Gasteiger partial charge < -0.3 is 10.2 Å². The van der Waals surface area contributed by atoms with Crippen molar-refractivity contribution >= 4 is 17.3 Å². The molecule has 0 saturated heterocycles. The number of nitrogens with one attached hydrogen (secondary N) is 1. The average molecular weight is 313 g/mol. The zero-order valence-electron chi connectivity index (χ0n) is 13.4. The van der Waals surface area contributed by atoms with E-state index in [9.17, 15) is 14.9 Å². The number of nitro groups is 1. The minimum Gasteiger partial charge on any atom is -0.378 e. The molecule has 0 heterocycles. The Morgan fingerprint density at radius 2 is 1.83 bits per heavy atom. The third kappa shape index (κ3) is 4.06. The molecular formula is C17H19N3O3. The molecule has 0 atom stereocenters. The van der Waals surface area contributed by atoms with Crippen molar-refractivity contribution in [2.75, 3.05) is 19.0 Å². The number of hydrogen-bond acceptors (Lipinski definition) is 4. The molecule has 0 unspecified atom stereocenters. The summed E-state index contributed by atoms with van der Waals surface area (Å²) in [6.07, 6.45) is 0. The Morgan fingerprint density at radius 3 is 2.39 bits per heavy atom. The molecular weight excluding hydrogens is 294 g/mol. The number of carbonyl (C=O) groups excluding carboxylic acids is 1. The second kappa shape index (κ2) is 6.91. The van der Waals surface area contributed by atoms with Crippen molar-refractivity contribution in [3.63, 3.8) is 0 Å². The highest BCUT2D eigenvalue weighted by atomic mass is 16.6. The van der Waals surface area contributed by atoms with Crippen LogP contribution in [0.3, 0.4) is 0 Å². The van der Waals surface area contributed by atoms with E-state index in [1.807, 2.05) is 43.3 Å². The van der Waals surface area contributed by atoms with Gasteiger partial charge in [-0.15, -0.1) is 0 Å². The molecule has 0 radical (unpaired) electrons. The smallest absolute Gasteiger partial charge is 0.273 e. The molecule has 2 aromatic carbocycles. The number of rotatable bonds is 5. The summed E-state index contributed by atoms with van der Waals surface area (Å²) in [7, 11) is 3.92. The van der Waals surface area contributed by atoms with Gasteiger partial charge in [0, 0.05) is 43.5 Å². The van der Waals surface area contributed by atoms with E-state index < -0.39 is 4.92 Å². The lowest BCUT2D eigenvalue weighted by Crippen LogP contribution is -2.23. The predicted molar refractivity (Wildman–Crippen MR) is 89.8 cm³/mol. The first-order valence-electron chi connectivity index (χ1n) is 7.18. The molecule has 0 bridgehead atoms. The van der Waals surface area contributed by atoms with E-state index in [0.717, 1.165) is 11.3 Å². The summed E-state index contributed by atoms with van der Waals surface area (Å²) in [5.41, 5.74) is 2.81. The van der Waals surface area contributed by atoms with Gasteiger partial charge in [0.25, 0.3) is 11.6 Å². The van der Waals surface area contributed by atoms with E-state index in [1.165, 1.54) is 6.07 Å². The highest BCUT2D eigenvalue weighted by Crippen LogP contribution is 2.19. The Hall–Kier alpha value is -2.89. The van der Waals surface area contributed by atoms with Gasteiger partial charge in [-0.1, -0.05) is 18.2 Å². The Balaban J connectivity index is 2.05. The summed E-state index contributed by atoms with van der Waals surface area (Å²) in [5.74, 6) is -0.329. The molecule has 0 aromatic heterocycles. The fourth-order valence-corrected chi connectivity index (χ4v) is 2.14. The van der Waals surface area contributed by atoms with Crippen LogP contribution in [0.15, 0.2) is 42.5 Å². The molecule has 2 rings (SSSR count). The number of hydrogen-bond donors (Lipinski definition) is 1. The van der Waals surface area contributed by atoms with Gasteiger partial charge in [0.15, 0.2) is 0 Å². The molecule has 2 aromatic rings. The van der Waals surface area contributed by atoms with E-state index in [4.69, 9.17) is 0 Å². The van der Waals surface area contributed by atoms with Crippen LogP contribution < -0.4 is 10.2 Å². The molecule has 6 nitrogen and oxygen atoms in total. The number of nitrogens with zero attached hydrogens (tertiary/aromatic N) is 2. The molecule has 1 amide bonds. The Bertz CT molecular complexity index is 724. The van der Waals surface area contributed by atoms with E-state index in [2.05, 4.69) is 5.32 Å². The van der Waals surface area contributed by atoms with Crippen LogP contribution in [0.2, 0.25) is 0 Å². The molecule has 0 fully saturated rings. The van der Waals surface area contributed by atoms with Gasteiger partial charge >= 0.3 is 0 Å². The lowest BCUT2D eigenvalue weighted by molar-refractivity contribution is -0.385. The van der Waals surface area contributed by atoms with Crippen LogP contribution in [0, 0.1) is 17.0 Å². The molecule has 0 spiro atoms. The van der Waals surface area contributed by atoms with Gasteiger partial charge in [0.2, 0.25) is 0 Å². The highest BCUT2D eigenvalue weighted by molar-refractivity contribution is 5.94. The maximum Gasteiger partial charge on any atom is 0.273 e. The molecule has 0 aliphatic rings. The second-order valence-electron chi connectivity index (χ2n) is 5.50. The van der Waals surface area contributed by atoms with Crippen LogP contribution in [0.4, 0.5) is 11.4 Å². The number of carbonyl (C=O) groups is 1. The summed E-state index contributed by atoms with van der Waals surface area (Å²) >= 11 is 0. The van der Waals surface area contributed by atoms with Crippen molar-refractivity contribution in [3.05, 3.63) is 69.3 Å². The minimum absolute atomic E-state index is 0.0482. The molecule has 0 aliphatic carbocycles. The maximum absolute atomic E-state index is 12.1. The van der Waals surface area contributed by atoms with Crippen molar-refractivity contribution in [3.8, 4) is 0 Å². The maximum atomic E-state index is 12.1. The quantitative estimate of drug-likeness (QED) is 0.680. The monoisotopic (exact) mass is 313 g/mol. The van der Waals surface area contributed by atoms with Crippen molar-refractivity contribution in [1.82, 2.24) is 5.32 Å². The summed E-state index contributed by atoms with van der Waals surface area (Å²) in [6, 6.07) is 12.3. The number of nitro benzene ring substituents is 1. The van der Waals surface area contributed by atoms with Crippen LogP contribution >= 0.6 is 0 Å². The third-order valence-electron chi connectivity index (χ3n) is 3.57. The topological polar surface area (TPSA) is 75.5 Å². The normalized spacial score (nSPS) is 10.2. The van der Waals surface area contributed by atoms with Gasteiger partial charge in [0.1, 0.15) is 0 Å². The first kappa shape index (κ1) is 16.5. The predicted octanol–water partition coefficient (Wildman–Crippen LogP) is 2.90. The average Bonchev–Trinajstić information content (AvgIpc) is 2.53. The van der Waals surface area contributed by atoms with Gasteiger partial charge in [-0.05, 0) is 30.7 Å². The molecule has 0 aliphatic heterocycles. The summed E-state index contributed by atoms with van der Waals surface area (Å²) in [6.45, 7) is 2.01. The first-order valence-corrected chi connectivity index (χ1v) is 7.18. The van der Waals surface area contributed by atoms with Crippen LogP contribution in [-0.2, 0) is 6.54 Å². The van der Waals surface area contributed by atoms with Crippen molar-refractivity contribution < 1.29 is 9.72 Å². The molecule has 120 valence electrons. The summed E-state index contributed by atoms with van der Waals surface area (Å²) in [4.78, 5) is 24.6. The Kier molecular flexibility index (Phi) is 4.95. The van der Waals surface area contributed by atoms with Gasteiger partial charge in [0.05, 0.1) is 4.92 Å². The lowest BCUT2D eigenvalue weighted by Gasteiger charge is -2.13. The number of aryl methyl sites for hydroxylation is 1. The van der Waals surface area contributed by atoms with Crippen LogP contribution in [0.25, 0.3) is 0 Å². The standard InChI is InChI=1S/C17H19N3O3/c1-12-4-7-14(10-16(12)20(22)23)17(21)18-11-13-5-8-15(9-6-13)19(2)3/h4-10H,11H2,1-3H3,(H,18,21). The first-order chi connectivity index (χ1) is 10.9. The van der Waals surface area contributed by atoms with Crippen LogP contribution in [0.1, 0.15) is 21.5 Å². The van der Waals surface area contributed by atoms with Gasteiger partial charge in [-0.25, -0.2) is 0 Å². The van der Waals surface area contributed by atoms with Crippen LogP contribution in [-0.4, -0.2) is 24.9 Å². The Morgan fingerprint density at radius 1 is 1.17 bits per heavy atom. The SMILES string of the molecule is Cc1ccc(C(=O)NCc2ccc(N(C)C)cc2)cc1[N+](=O)[O-]. The molecule has 6 heteroatoms. The van der Waals surface area contributed by atoms with E-state index in [-0.39, 0.29) is 17.2 Å². The zero-order chi connectivity index (χ0) is 17.0. The number of benzene rings is 2. The largest absolute Gasteiger partial charge is 0.378 e. The van der Waals surface area contributed by atoms with Gasteiger partial charge in [-0.2, -0.15) is 0 Å². The summed E-state index contributed by atoms with van der Waals surface area (Å²) in [5, 5.41) is 13.7. The highest BCUT2D eigenvalue weighted by Gasteiger charge is 2.14. The number of anilines is 1. The molecule has 23 heavy (non-hydrogen) atoms. The van der Waals surface area contributed by atoms with E-state index in [1.54, 1.807) is 19.1 Å². The van der Waals surface area contributed by atoms with Crippen LogP contribution in [0.5, 0.6) is 0 Å². The molecule has 1 N–H and O–H groups in total. The van der Waals surface area contributed by atoms with E-state index in [0.29, 0.717) is 12.1 Å². The lowest BCUT2D eigenvalue weighted by atomic mass is 10.1.